The highest BCUT2D eigenvalue weighted by Gasteiger charge is 2.48. The van der Waals surface area contributed by atoms with Gasteiger partial charge >= 0.3 is 12.0 Å². The predicted molar refractivity (Wildman–Crippen MR) is 108 cm³/mol. The van der Waals surface area contributed by atoms with Crippen LogP contribution >= 0.6 is 12.3 Å². The summed E-state index contributed by atoms with van der Waals surface area (Å²) in [6.45, 7) is 3.99. The standard InChI is InChI=1S/C19H22F3N3O5S/c1-18(2,3)30-17(27)24-6-5-14(19(20,21)9-24)29-13-8-11(28-4)7-12-15(13)16(26)25(31-22)10-23-12/h7-8,10,14H,5-6,9H2,1-4H3. The van der Waals surface area contributed by atoms with Gasteiger partial charge in [0.2, 0.25) is 0 Å². The number of amides is 1. The van der Waals surface area contributed by atoms with Crippen molar-refractivity contribution in [1.82, 2.24) is 13.9 Å². The van der Waals surface area contributed by atoms with Gasteiger partial charge in [0.05, 0.1) is 19.2 Å². The van der Waals surface area contributed by atoms with E-state index in [1.165, 1.54) is 19.2 Å². The lowest BCUT2D eigenvalue weighted by atomic mass is 10.0. The Morgan fingerprint density at radius 2 is 2.03 bits per heavy atom. The van der Waals surface area contributed by atoms with E-state index in [0.717, 1.165) is 11.2 Å². The number of fused-ring (bicyclic) bond motifs is 1. The van der Waals surface area contributed by atoms with E-state index in [4.69, 9.17) is 14.2 Å². The van der Waals surface area contributed by atoms with Crippen LogP contribution in [0, 0.1) is 0 Å². The van der Waals surface area contributed by atoms with Crippen LogP contribution in [-0.2, 0) is 4.74 Å². The van der Waals surface area contributed by atoms with E-state index >= 15 is 0 Å². The van der Waals surface area contributed by atoms with E-state index in [1.807, 2.05) is 0 Å². The Morgan fingerprint density at radius 1 is 1.32 bits per heavy atom. The number of aromatic nitrogens is 2. The lowest BCUT2D eigenvalue weighted by Gasteiger charge is -2.38. The largest absolute Gasteiger partial charge is 0.497 e. The summed E-state index contributed by atoms with van der Waals surface area (Å²) in [4.78, 5) is 29.6. The molecule has 12 heteroatoms. The quantitative estimate of drug-likeness (QED) is 0.685. The summed E-state index contributed by atoms with van der Waals surface area (Å²) in [5.74, 6) is -3.40. The number of benzene rings is 1. The van der Waals surface area contributed by atoms with Gasteiger partial charge in [-0.05, 0) is 20.8 Å². The van der Waals surface area contributed by atoms with Gasteiger partial charge in [-0.3, -0.25) is 4.79 Å². The number of rotatable bonds is 4. The molecule has 0 radical (unpaired) electrons. The van der Waals surface area contributed by atoms with Crippen molar-refractivity contribution >= 4 is 29.3 Å². The fraction of sp³-hybridized carbons (Fsp3) is 0.526. The number of piperidine rings is 1. The average molecular weight is 461 g/mol. The summed E-state index contributed by atoms with van der Waals surface area (Å²) in [5.41, 5.74) is -1.51. The molecule has 1 unspecified atom stereocenters. The highest BCUT2D eigenvalue weighted by molar-refractivity contribution is 7.92. The third kappa shape index (κ3) is 5.00. The highest BCUT2D eigenvalue weighted by Crippen LogP contribution is 2.35. The normalized spacial score (nSPS) is 18.7. The van der Waals surface area contributed by atoms with Crippen molar-refractivity contribution in [3.8, 4) is 11.5 Å². The van der Waals surface area contributed by atoms with Gasteiger partial charge in [-0.25, -0.2) is 22.5 Å². The van der Waals surface area contributed by atoms with Crippen molar-refractivity contribution < 1.29 is 31.7 Å². The zero-order valence-electron chi connectivity index (χ0n) is 17.4. The van der Waals surface area contributed by atoms with Gasteiger partial charge in [-0.15, -0.1) is 3.89 Å². The van der Waals surface area contributed by atoms with Crippen molar-refractivity contribution in [2.24, 2.45) is 0 Å². The molecule has 0 saturated carbocycles. The molecule has 31 heavy (non-hydrogen) atoms. The van der Waals surface area contributed by atoms with E-state index in [2.05, 4.69) is 4.98 Å². The molecule has 2 heterocycles. The summed E-state index contributed by atoms with van der Waals surface area (Å²) in [6.07, 6.45) is -1.71. The second-order valence-corrected chi connectivity index (χ2v) is 8.55. The number of likely N-dealkylation sites (tertiary alicyclic amines) is 1. The van der Waals surface area contributed by atoms with E-state index in [1.54, 1.807) is 20.8 Å². The predicted octanol–water partition coefficient (Wildman–Crippen LogP) is 3.81. The van der Waals surface area contributed by atoms with Crippen LogP contribution in [0.25, 0.3) is 10.9 Å². The summed E-state index contributed by atoms with van der Waals surface area (Å²) in [7, 11) is 1.36. The molecule has 0 N–H and O–H groups in total. The highest BCUT2D eigenvalue weighted by atomic mass is 32.2. The molecule has 0 bridgehead atoms. The molecule has 3 rings (SSSR count). The molecular formula is C19H22F3N3O5S. The van der Waals surface area contributed by atoms with Gasteiger partial charge in [0.25, 0.3) is 5.56 Å². The minimum absolute atomic E-state index is 0.0279. The van der Waals surface area contributed by atoms with E-state index in [0.29, 0.717) is 3.97 Å². The molecule has 8 nitrogen and oxygen atoms in total. The fourth-order valence-corrected chi connectivity index (χ4v) is 3.37. The van der Waals surface area contributed by atoms with Crippen LogP contribution in [-0.4, -0.2) is 57.8 Å². The van der Waals surface area contributed by atoms with Crippen LogP contribution < -0.4 is 15.0 Å². The maximum absolute atomic E-state index is 14.9. The van der Waals surface area contributed by atoms with Crippen LogP contribution in [0.2, 0.25) is 0 Å². The number of hydrogen-bond donors (Lipinski definition) is 0. The van der Waals surface area contributed by atoms with Crippen molar-refractivity contribution in [3.63, 3.8) is 0 Å². The molecule has 1 aliphatic heterocycles. The second-order valence-electron chi connectivity index (χ2n) is 8.02. The first-order chi connectivity index (χ1) is 14.4. The Hall–Kier alpha value is -2.63. The molecule has 1 aliphatic rings. The first-order valence-corrected chi connectivity index (χ1v) is 10.0. The van der Waals surface area contributed by atoms with E-state index in [9.17, 15) is 22.3 Å². The maximum atomic E-state index is 14.9. The zero-order valence-corrected chi connectivity index (χ0v) is 18.2. The maximum Gasteiger partial charge on any atom is 0.410 e. The summed E-state index contributed by atoms with van der Waals surface area (Å²) < 4.78 is 59.2. The summed E-state index contributed by atoms with van der Waals surface area (Å²) >= 11 is -0.369. The van der Waals surface area contributed by atoms with Crippen LogP contribution in [0.15, 0.2) is 23.3 Å². The average Bonchev–Trinajstić information content (AvgIpc) is 2.67. The Labute approximate surface area is 180 Å². The molecule has 0 aliphatic carbocycles. The van der Waals surface area contributed by atoms with Crippen LogP contribution in [0.4, 0.5) is 17.5 Å². The molecule has 1 amide bonds. The number of alkyl halides is 2. The molecule has 1 saturated heterocycles. The van der Waals surface area contributed by atoms with E-state index in [-0.39, 0.29) is 47.7 Å². The topological polar surface area (TPSA) is 82.9 Å². The van der Waals surface area contributed by atoms with Crippen LogP contribution in [0.5, 0.6) is 11.5 Å². The number of carbonyl (C=O) groups is 1. The number of nitrogens with zero attached hydrogens (tertiary/aromatic N) is 3. The molecule has 1 fully saturated rings. The first-order valence-electron chi connectivity index (χ1n) is 9.36. The molecule has 0 spiro atoms. The molecular weight excluding hydrogens is 439 g/mol. The van der Waals surface area contributed by atoms with Crippen molar-refractivity contribution in [2.75, 3.05) is 20.2 Å². The fourth-order valence-electron chi connectivity index (χ4n) is 3.13. The molecule has 1 aromatic carbocycles. The Morgan fingerprint density at radius 3 is 2.61 bits per heavy atom. The van der Waals surface area contributed by atoms with Crippen molar-refractivity contribution in [1.29, 1.82) is 0 Å². The minimum atomic E-state index is -3.43. The third-order valence-corrected chi connectivity index (χ3v) is 4.94. The smallest absolute Gasteiger partial charge is 0.410 e. The lowest BCUT2D eigenvalue weighted by molar-refractivity contribution is -0.137. The number of carbonyl (C=O) groups excluding carboxylic acids is 1. The first kappa shape index (κ1) is 23.0. The van der Waals surface area contributed by atoms with Gasteiger partial charge in [0, 0.05) is 25.1 Å². The van der Waals surface area contributed by atoms with Crippen LogP contribution in [0.1, 0.15) is 27.2 Å². The molecule has 2 aromatic rings. The van der Waals surface area contributed by atoms with Crippen LogP contribution in [0.3, 0.4) is 0 Å². The minimum Gasteiger partial charge on any atom is -0.497 e. The van der Waals surface area contributed by atoms with Crippen molar-refractivity contribution in [2.45, 2.75) is 44.8 Å². The summed E-state index contributed by atoms with van der Waals surface area (Å²) in [5, 5.41) is -0.154. The van der Waals surface area contributed by atoms with Gasteiger partial charge < -0.3 is 19.1 Å². The van der Waals surface area contributed by atoms with Gasteiger partial charge in [0.15, 0.2) is 18.4 Å². The molecule has 1 atom stereocenters. The second kappa shape index (κ2) is 8.48. The number of hydrogen-bond acceptors (Lipinski definition) is 7. The molecule has 1 aromatic heterocycles. The number of ether oxygens (including phenoxy) is 3. The van der Waals surface area contributed by atoms with Gasteiger partial charge in [-0.2, -0.15) is 0 Å². The van der Waals surface area contributed by atoms with E-state index < -0.39 is 35.8 Å². The number of methoxy groups -OCH3 is 1. The third-order valence-electron chi connectivity index (χ3n) is 4.54. The van der Waals surface area contributed by atoms with Crippen molar-refractivity contribution in [3.05, 3.63) is 28.8 Å². The van der Waals surface area contributed by atoms with Gasteiger partial charge in [-0.1, -0.05) is 0 Å². The Bertz CT molecular complexity index is 1040. The Balaban J connectivity index is 1.90. The summed E-state index contributed by atoms with van der Waals surface area (Å²) in [6, 6.07) is 2.69. The monoisotopic (exact) mass is 461 g/mol. The molecule has 170 valence electrons. The SMILES string of the molecule is COc1cc(OC2CCN(C(=O)OC(C)(C)C)CC2(F)F)c2c(=O)n(SF)cnc2c1. The Kier molecular flexibility index (Phi) is 6.30. The lowest BCUT2D eigenvalue weighted by Crippen LogP contribution is -2.56. The zero-order chi connectivity index (χ0) is 23.0. The number of halogens is 3. The van der Waals surface area contributed by atoms with Gasteiger partial charge in [0.1, 0.15) is 28.8 Å².